The highest BCUT2D eigenvalue weighted by molar-refractivity contribution is 5.47. The van der Waals surface area contributed by atoms with Crippen LogP contribution in [0, 0.1) is 0 Å². The molecule has 0 aliphatic heterocycles. The Balaban J connectivity index is 3.48. The van der Waals surface area contributed by atoms with Crippen LogP contribution in [0.3, 0.4) is 0 Å². The molecule has 0 bridgehead atoms. The van der Waals surface area contributed by atoms with Gasteiger partial charge in [-0.25, -0.2) is 0 Å². The zero-order chi connectivity index (χ0) is 12.8. The maximum Gasteiger partial charge on any atom is -0.00972 e. The van der Waals surface area contributed by atoms with Gasteiger partial charge in [0.15, 0.2) is 0 Å². The molecule has 1 aromatic carbocycles. The molecule has 0 saturated heterocycles. The summed E-state index contributed by atoms with van der Waals surface area (Å²) < 4.78 is 0. The van der Waals surface area contributed by atoms with Crippen molar-refractivity contribution in [3.8, 4) is 0 Å². The fraction of sp³-hybridized carbons (Fsp3) is 0.529. The van der Waals surface area contributed by atoms with Crippen LogP contribution in [-0.4, -0.2) is 0 Å². The van der Waals surface area contributed by atoms with Gasteiger partial charge in [0, 0.05) is 0 Å². The average molecular weight is 230 g/mol. The minimum atomic E-state index is 1.01. The molecule has 0 nitrogen and oxygen atoms in total. The van der Waals surface area contributed by atoms with E-state index in [2.05, 4.69) is 40.3 Å². The lowest BCUT2D eigenvalue weighted by Gasteiger charge is -2.19. The minimum Gasteiger partial charge on any atom is -0.103 e. The van der Waals surface area contributed by atoms with Crippen molar-refractivity contribution in [1.29, 1.82) is 0 Å². The zero-order valence-electron chi connectivity index (χ0n) is 11.9. The molecule has 0 amide bonds. The van der Waals surface area contributed by atoms with Crippen molar-refractivity contribution in [2.45, 2.75) is 59.8 Å². The van der Waals surface area contributed by atoms with Crippen molar-refractivity contribution in [3.63, 3.8) is 0 Å². The van der Waals surface area contributed by atoms with Gasteiger partial charge in [-0.3, -0.25) is 0 Å². The van der Waals surface area contributed by atoms with E-state index in [4.69, 9.17) is 0 Å². The van der Waals surface area contributed by atoms with Crippen LogP contribution in [0.25, 0.3) is 0 Å². The summed E-state index contributed by atoms with van der Waals surface area (Å²) in [6, 6.07) is 2.42. The van der Waals surface area contributed by atoms with Gasteiger partial charge in [-0.2, -0.15) is 0 Å². The second kappa shape index (κ2) is 6.64. The minimum absolute atomic E-state index is 1.01. The van der Waals surface area contributed by atoms with Crippen molar-refractivity contribution in [2.24, 2.45) is 0 Å². The van der Waals surface area contributed by atoms with Crippen molar-refractivity contribution >= 4 is 0 Å². The molecule has 1 rings (SSSR count). The molecule has 94 valence electrons. The molecular formula is C17H26. The maximum atomic E-state index is 3.88. The molecule has 0 aromatic heterocycles. The number of rotatable bonds is 6. The summed E-state index contributed by atoms with van der Waals surface area (Å²) in [6.45, 7) is 13.0. The third-order valence-corrected chi connectivity index (χ3v) is 3.66. The number of benzene rings is 1. The standard InChI is InChI=1S/C17H26/c1-6-11-14-12-13(7-2)15(8-3)17(10-5)16(14)9-4/h6,12H,1,7-11H2,2-5H3. The Morgan fingerprint density at radius 1 is 0.824 bits per heavy atom. The van der Waals surface area contributed by atoms with E-state index in [1.807, 2.05) is 6.08 Å². The average Bonchev–Trinajstić information content (AvgIpc) is 2.37. The highest BCUT2D eigenvalue weighted by Gasteiger charge is 2.13. The Hall–Kier alpha value is -1.04. The lowest BCUT2D eigenvalue weighted by Crippen LogP contribution is -2.06. The van der Waals surface area contributed by atoms with Crippen molar-refractivity contribution in [3.05, 3.63) is 46.5 Å². The second-order valence-corrected chi connectivity index (χ2v) is 4.54. The first-order chi connectivity index (χ1) is 8.23. The van der Waals surface area contributed by atoms with Crippen LogP contribution in [0.5, 0.6) is 0 Å². The van der Waals surface area contributed by atoms with Crippen molar-refractivity contribution in [2.75, 3.05) is 0 Å². The van der Waals surface area contributed by atoms with E-state index in [0.717, 1.165) is 32.1 Å². The van der Waals surface area contributed by atoms with Crippen LogP contribution >= 0.6 is 0 Å². The van der Waals surface area contributed by atoms with Gasteiger partial charge in [0.25, 0.3) is 0 Å². The SMILES string of the molecule is C=CCc1cc(CC)c(CC)c(CC)c1CC. The van der Waals surface area contributed by atoms with E-state index in [1.165, 1.54) is 5.56 Å². The van der Waals surface area contributed by atoms with Crippen LogP contribution < -0.4 is 0 Å². The van der Waals surface area contributed by atoms with E-state index in [9.17, 15) is 0 Å². The van der Waals surface area contributed by atoms with E-state index in [0.29, 0.717) is 0 Å². The lowest BCUT2D eigenvalue weighted by molar-refractivity contribution is 0.924. The third kappa shape index (κ3) is 2.80. The topological polar surface area (TPSA) is 0 Å². The number of allylic oxidation sites excluding steroid dienone is 1. The predicted octanol–water partition coefficient (Wildman–Crippen LogP) is 4.66. The smallest absolute Gasteiger partial charge is 0.00972 e. The molecule has 17 heavy (non-hydrogen) atoms. The third-order valence-electron chi connectivity index (χ3n) is 3.66. The van der Waals surface area contributed by atoms with Gasteiger partial charge in [0.2, 0.25) is 0 Å². The van der Waals surface area contributed by atoms with Gasteiger partial charge < -0.3 is 0 Å². The number of aryl methyl sites for hydroxylation is 1. The monoisotopic (exact) mass is 230 g/mol. The van der Waals surface area contributed by atoms with Crippen LogP contribution in [0.4, 0.5) is 0 Å². The summed E-state index contributed by atoms with van der Waals surface area (Å²) in [5.74, 6) is 0. The zero-order valence-corrected chi connectivity index (χ0v) is 11.9. The first-order valence-corrected chi connectivity index (χ1v) is 6.99. The highest BCUT2D eigenvalue weighted by atomic mass is 14.2. The molecule has 0 unspecified atom stereocenters. The molecule has 0 N–H and O–H groups in total. The molecule has 0 aliphatic carbocycles. The normalized spacial score (nSPS) is 10.6. The fourth-order valence-electron chi connectivity index (χ4n) is 2.92. The largest absolute Gasteiger partial charge is 0.103 e. The number of hydrogen-bond acceptors (Lipinski definition) is 0. The second-order valence-electron chi connectivity index (χ2n) is 4.54. The Bertz CT molecular complexity index is 386. The van der Waals surface area contributed by atoms with E-state index in [1.54, 1.807) is 22.3 Å². The number of hydrogen-bond donors (Lipinski definition) is 0. The summed E-state index contributed by atoms with van der Waals surface area (Å²) in [5.41, 5.74) is 7.80. The maximum absolute atomic E-state index is 3.88. The van der Waals surface area contributed by atoms with Gasteiger partial charge in [0.1, 0.15) is 0 Å². The predicted molar refractivity (Wildman–Crippen MR) is 77.9 cm³/mol. The van der Waals surface area contributed by atoms with Crippen LogP contribution in [-0.2, 0) is 32.1 Å². The molecule has 0 atom stereocenters. The first kappa shape index (κ1) is 14.0. The Morgan fingerprint density at radius 2 is 1.35 bits per heavy atom. The lowest BCUT2D eigenvalue weighted by atomic mass is 9.86. The summed E-state index contributed by atoms with van der Waals surface area (Å²) in [4.78, 5) is 0. The molecule has 1 aromatic rings. The molecule has 0 aliphatic rings. The molecular weight excluding hydrogens is 204 g/mol. The summed E-state index contributed by atoms with van der Waals surface area (Å²) >= 11 is 0. The van der Waals surface area contributed by atoms with Crippen molar-refractivity contribution in [1.82, 2.24) is 0 Å². The molecule has 0 spiro atoms. The van der Waals surface area contributed by atoms with Crippen LogP contribution in [0.1, 0.15) is 55.5 Å². The fourth-order valence-corrected chi connectivity index (χ4v) is 2.92. The van der Waals surface area contributed by atoms with E-state index < -0.39 is 0 Å². The van der Waals surface area contributed by atoms with Gasteiger partial charge in [-0.15, -0.1) is 6.58 Å². The van der Waals surface area contributed by atoms with Gasteiger partial charge in [-0.05, 0) is 59.9 Å². The molecule has 0 heterocycles. The van der Waals surface area contributed by atoms with E-state index >= 15 is 0 Å². The summed E-state index contributed by atoms with van der Waals surface area (Å²) in [5, 5.41) is 0. The first-order valence-electron chi connectivity index (χ1n) is 6.99. The Labute approximate surface area is 107 Å². The van der Waals surface area contributed by atoms with E-state index in [-0.39, 0.29) is 0 Å². The highest BCUT2D eigenvalue weighted by Crippen LogP contribution is 2.26. The molecule has 0 saturated carbocycles. The van der Waals surface area contributed by atoms with Gasteiger partial charge >= 0.3 is 0 Å². The quantitative estimate of drug-likeness (QED) is 0.623. The molecule has 0 radical (unpaired) electrons. The molecule has 0 fully saturated rings. The Morgan fingerprint density at radius 3 is 1.76 bits per heavy atom. The Kier molecular flexibility index (Phi) is 5.47. The summed E-state index contributed by atoms with van der Waals surface area (Å²) in [6.07, 6.45) is 7.64. The molecule has 0 heteroatoms. The van der Waals surface area contributed by atoms with Crippen molar-refractivity contribution < 1.29 is 0 Å². The summed E-state index contributed by atoms with van der Waals surface area (Å²) in [7, 11) is 0. The van der Waals surface area contributed by atoms with Crippen LogP contribution in [0.2, 0.25) is 0 Å². The van der Waals surface area contributed by atoms with Gasteiger partial charge in [0.05, 0.1) is 0 Å². The van der Waals surface area contributed by atoms with Crippen LogP contribution in [0.15, 0.2) is 18.7 Å². The van der Waals surface area contributed by atoms with Gasteiger partial charge in [-0.1, -0.05) is 39.8 Å².